The lowest BCUT2D eigenvalue weighted by Crippen LogP contribution is -2.21. The summed E-state index contributed by atoms with van der Waals surface area (Å²) in [5.74, 6) is 2.42. The molecule has 3 nitrogen and oxygen atoms in total. The largest absolute Gasteiger partial charge is 0.392 e. The Hall–Kier alpha value is -0.870. The number of hydrogen-bond acceptors (Lipinski definition) is 3. The highest BCUT2D eigenvalue weighted by Gasteiger charge is 2.47. The molecule has 0 saturated heterocycles. The Labute approximate surface area is 104 Å². The van der Waals surface area contributed by atoms with E-state index in [0.29, 0.717) is 5.92 Å². The van der Waals surface area contributed by atoms with Gasteiger partial charge in [-0.05, 0) is 37.0 Å². The van der Waals surface area contributed by atoms with Gasteiger partial charge < -0.3 is 5.11 Å². The van der Waals surface area contributed by atoms with Gasteiger partial charge in [0.25, 0.3) is 0 Å². The predicted molar refractivity (Wildman–Crippen MR) is 67.1 cm³/mol. The van der Waals surface area contributed by atoms with Crippen LogP contribution >= 0.6 is 11.3 Å². The summed E-state index contributed by atoms with van der Waals surface area (Å²) in [6, 6.07) is 0. The zero-order valence-corrected chi connectivity index (χ0v) is 10.4. The van der Waals surface area contributed by atoms with E-state index in [4.69, 9.17) is 0 Å². The lowest BCUT2D eigenvalue weighted by Gasteiger charge is -2.18. The maximum Gasteiger partial charge on any atom is 0.193 e. The molecule has 0 spiro atoms. The van der Waals surface area contributed by atoms with Gasteiger partial charge in [-0.15, -0.1) is 11.3 Å². The molecule has 1 N–H and O–H groups in total. The molecule has 2 heterocycles. The van der Waals surface area contributed by atoms with Gasteiger partial charge in [-0.2, -0.15) is 0 Å². The van der Waals surface area contributed by atoms with E-state index in [0.717, 1.165) is 28.9 Å². The molecule has 2 fully saturated rings. The monoisotopic (exact) mass is 248 g/mol. The minimum absolute atomic E-state index is 0.188. The van der Waals surface area contributed by atoms with Crippen molar-refractivity contribution in [2.45, 2.75) is 31.8 Å². The van der Waals surface area contributed by atoms with Crippen molar-refractivity contribution in [3.05, 3.63) is 23.5 Å². The van der Waals surface area contributed by atoms with E-state index in [-0.39, 0.29) is 6.10 Å². The number of imidazole rings is 1. The van der Waals surface area contributed by atoms with Gasteiger partial charge >= 0.3 is 0 Å². The smallest absolute Gasteiger partial charge is 0.193 e. The minimum atomic E-state index is -0.188. The second-order valence-corrected chi connectivity index (χ2v) is 6.46. The van der Waals surface area contributed by atoms with E-state index in [1.807, 2.05) is 22.2 Å². The Balaban J connectivity index is 1.47. The summed E-state index contributed by atoms with van der Waals surface area (Å²) in [7, 11) is 0. The molecule has 2 aromatic rings. The zero-order valence-electron chi connectivity index (χ0n) is 9.62. The number of thiazole rings is 1. The number of rotatable bonds is 3. The van der Waals surface area contributed by atoms with Gasteiger partial charge in [-0.25, -0.2) is 4.98 Å². The number of fused-ring (bicyclic) bond motifs is 2. The van der Waals surface area contributed by atoms with E-state index >= 15 is 0 Å². The molecule has 0 amide bonds. The van der Waals surface area contributed by atoms with Crippen molar-refractivity contribution in [3.8, 4) is 0 Å². The van der Waals surface area contributed by atoms with E-state index < -0.39 is 0 Å². The highest BCUT2D eigenvalue weighted by molar-refractivity contribution is 7.15. The van der Waals surface area contributed by atoms with Gasteiger partial charge in [0, 0.05) is 24.2 Å². The summed E-state index contributed by atoms with van der Waals surface area (Å²) in [6.45, 7) is 0. The maximum absolute atomic E-state index is 10.3. The van der Waals surface area contributed by atoms with Crippen molar-refractivity contribution in [3.63, 3.8) is 0 Å². The van der Waals surface area contributed by atoms with E-state index in [1.54, 1.807) is 11.3 Å². The van der Waals surface area contributed by atoms with Crippen LogP contribution in [0.5, 0.6) is 0 Å². The quantitative estimate of drug-likeness (QED) is 0.905. The van der Waals surface area contributed by atoms with Crippen LogP contribution in [-0.4, -0.2) is 20.6 Å². The van der Waals surface area contributed by atoms with Crippen molar-refractivity contribution in [2.24, 2.45) is 17.8 Å². The normalized spacial score (nSPS) is 32.9. The van der Waals surface area contributed by atoms with Crippen LogP contribution in [0.3, 0.4) is 0 Å². The van der Waals surface area contributed by atoms with Gasteiger partial charge in [-0.3, -0.25) is 4.40 Å². The first kappa shape index (κ1) is 10.1. The first-order chi connectivity index (χ1) is 8.29. The second kappa shape index (κ2) is 3.56. The average molecular weight is 248 g/mol. The molecule has 0 aliphatic heterocycles. The lowest BCUT2D eigenvalue weighted by atomic mass is 9.94. The highest BCUT2D eigenvalue weighted by Crippen LogP contribution is 2.55. The maximum atomic E-state index is 10.3. The molecule has 0 radical (unpaired) electrons. The van der Waals surface area contributed by atoms with Crippen LogP contribution in [0, 0.1) is 17.8 Å². The third-order valence-electron chi connectivity index (χ3n) is 4.39. The van der Waals surface area contributed by atoms with Crippen LogP contribution in [0.1, 0.15) is 25.0 Å². The standard InChI is InChI=1S/C13H16N2OS/c16-12(10-4-8-3-9(8)5-10)6-11-7-15-1-2-17-13(15)14-11/h1-2,7-10,12,16H,3-6H2. The van der Waals surface area contributed by atoms with Crippen molar-refractivity contribution in [1.29, 1.82) is 0 Å². The molecule has 3 unspecified atom stereocenters. The van der Waals surface area contributed by atoms with Gasteiger partial charge in [0.05, 0.1) is 11.8 Å². The van der Waals surface area contributed by atoms with E-state index in [9.17, 15) is 5.11 Å². The van der Waals surface area contributed by atoms with Crippen LogP contribution in [0.2, 0.25) is 0 Å². The summed E-state index contributed by atoms with van der Waals surface area (Å²) in [4.78, 5) is 5.56. The summed E-state index contributed by atoms with van der Waals surface area (Å²) >= 11 is 1.65. The fourth-order valence-electron chi connectivity index (χ4n) is 3.33. The predicted octanol–water partition coefficient (Wildman–Crippen LogP) is 2.35. The third-order valence-corrected chi connectivity index (χ3v) is 5.16. The molecular weight excluding hydrogens is 232 g/mol. The number of aromatic nitrogens is 2. The van der Waals surface area contributed by atoms with Crippen molar-refractivity contribution >= 4 is 16.3 Å². The van der Waals surface area contributed by atoms with Crippen molar-refractivity contribution < 1.29 is 5.11 Å². The molecule has 2 aliphatic rings. The second-order valence-electron chi connectivity index (χ2n) is 5.58. The summed E-state index contributed by atoms with van der Waals surface area (Å²) in [6.07, 6.45) is 8.51. The van der Waals surface area contributed by atoms with Gasteiger partial charge in [-0.1, -0.05) is 0 Å². The highest BCUT2D eigenvalue weighted by atomic mass is 32.1. The molecule has 4 rings (SSSR count). The van der Waals surface area contributed by atoms with Crippen LogP contribution in [0.15, 0.2) is 17.8 Å². The fourth-order valence-corrected chi connectivity index (χ4v) is 4.05. The molecule has 2 aliphatic carbocycles. The Morgan fingerprint density at radius 2 is 2.24 bits per heavy atom. The van der Waals surface area contributed by atoms with Crippen LogP contribution in [0.4, 0.5) is 0 Å². The van der Waals surface area contributed by atoms with Gasteiger partial charge in [0.2, 0.25) is 0 Å². The Bertz CT molecular complexity index is 508. The zero-order chi connectivity index (χ0) is 11.4. The molecule has 17 heavy (non-hydrogen) atoms. The minimum Gasteiger partial charge on any atom is -0.392 e. The van der Waals surface area contributed by atoms with Crippen molar-refractivity contribution in [1.82, 2.24) is 9.38 Å². The van der Waals surface area contributed by atoms with E-state index in [1.165, 1.54) is 19.3 Å². The van der Waals surface area contributed by atoms with Crippen LogP contribution in [-0.2, 0) is 6.42 Å². The number of nitrogens with zero attached hydrogens (tertiary/aromatic N) is 2. The Morgan fingerprint density at radius 3 is 3.00 bits per heavy atom. The third kappa shape index (κ3) is 1.70. The topological polar surface area (TPSA) is 37.5 Å². The van der Waals surface area contributed by atoms with Gasteiger partial charge in [0.15, 0.2) is 4.96 Å². The molecule has 90 valence electrons. The van der Waals surface area contributed by atoms with Crippen LogP contribution < -0.4 is 0 Å². The summed E-state index contributed by atoms with van der Waals surface area (Å²) < 4.78 is 2.04. The number of aliphatic hydroxyl groups is 1. The first-order valence-corrected chi connectivity index (χ1v) is 7.26. The fraction of sp³-hybridized carbons (Fsp3) is 0.615. The number of aliphatic hydroxyl groups excluding tert-OH is 1. The Kier molecular flexibility index (Phi) is 2.11. The average Bonchev–Trinajstić information content (AvgIpc) is 2.72. The molecule has 3 atom stereocenters. The van der Waals surface area contributed by atoms with Crippen LogP contribution in [0.25, 0.3) is 4.96 Å². The van der Waals surface area contributed by atoms with Gasteiger partial charge in [0.1, 0.15) is 0 Å². The Morgan fingerprint density at radius 1 is 1.41 bits per heavy atom. The molecule has 0 bridgehead atoms. The molecule has 4 heteroatoms. The summed E-state index contributed by atoms with van der Waals surface area (Å²) in [5, 5.41) is 12.3. The van der Waals surface area contributed by atoms with Crippen molar-refractivity contribution in [2.75, 3.05) is 0 Å². The van der Waals surface area contributed by atoms with E-state index in [2.05, 4.69) is 4.98 Å². The molecule has 2 saturated carbocycles. The molecular formula is C13H16N2OS. The summed E-state index contributed by atoms with van der Waals surface area (Å²) in [5.41, 5.74) is 1.03. The first-order valence-electron chi connectivity index (χ1n) is 6.39. The molecule has 2 aromatic heterocycles. The lowest BCUT2D eigenvalue weighted by molar-refractivity contribution is 0.103. The number of hydrogen-bond donors (Lipinski definition) is 1. The molecule has 0 aromatic carbocycles. The SMILES string of the molecule is OC(Cc1cn2ccsc2n1)C1CC2CC2C1.